The number of nitriles is 1. The first-order chi connectivity index (χ1) is 8.91. The molecule has 0 aliphatic rings. The van der Waals surface area contributed by atoms with Gasteiger partial charge in [-0.1, -0.05) is 51.9 Å². The van der Waals surface area contributed by atoms with Crippen LogP contribution in [0.25, 0.3) is 0 Å². The number of nitrogens with one attached hydrogen (secondary N) is 1. The van der Waals surface area contributed by atoms with Gasteiger partial charge in [0.1, 0.15) is 0 Å². The van der Waals surface area contributed by atoms with Crippen LogP contribution in [0.4, 0.5) is 0 Å². The third-order valence-corrected chi connectivity index (χ3v) is 2.99. The van der Waals surface area contributed by atoms with E-state index in [2.05, 4.69) is 18.3 Å². The van der Waals surface area contributed by atoms with Gasteiger partial charge in [0.25, 0.3) is 0 Å². The first-order valence-corrected chi connectivity index (χ1v) is 7.57. The molecule has 0 heterocycles. The van der Waals surface area contributed by atoms with Crippen LogP contribution in [0, 0.1) is 11.3 Å². The van der Waals surface area contributed by atoms with Crippen molar-refractivity contribution < 1.29 is 4.74 Å². The summed E-state index contributed by atoms with van der Waals surface area (Å²) in [5, 5.41) is 11.7. The molecule has 3 nitrogen and oxygen atoms in total. The molecule has 18 heavy (non-hydrogen) atoms. The average Bonchev–Trinajstić information content (AvgIpc) is 2.39. The zero-order valence-corrected chi connectivity index (χ0v) is 12.0. The van der Waals surface area contributed by atoms with Crippen molar-refractivity contribution in [1.29, 1.82) is 5.26 Å². The van der Waals surface area contributed by atoms with Crippen molar-refractivity contribution in [2.45, 2.75) is 64.7 Å². The van der Waals surface area contributed by atoms with Crippen LogP contribution in [0.3, 0.4) is 0 Å². The smallest absolute Gasteiger partial charge is 0.0645 e. The lowest BCUT2D eigenvalue weighted by Crippen LogP contribution is -2.21. The molecule has 1 N–H and O–H groups in total. The van der Waals surface area contributed by atoms with Gasteiger partial charge in [0.05, 0.1) is 25.7 Å². The van der Waals surface area contributed by atoms with E-state index in [-0.39, 0.29) is 0 Å². The Morgan fingerprint density at radius 2 is 1.56 bits per heavy atom. The van der Waals surface area contributed by atoms with E-state index in [1.165, 1.54) is 51.4 Å². The van der Waals surface area contributed by atoms with Crippen molar-refractivity contribution in [3.05, 3.63) is 0 Å². The maximum Gasteiger partial charge on any atom is 0.0645 e. The van der Waals surface area contributed by atoms with Gasteiger partial charge in [-0.25, -0.2) is 0 Å². The van der Waals surface area contributed by atoms with Crippen molar-refractivity contribution >= 4 is 0 Å². The largest absolute Gasteiger partial charge is 0.379 e. The minimum Gasteiger partial charge on any atom is -0.379 e. The van der Waals surface area contributed by atoms with Gasteiger partial charge in [-0.2, -0.15) is 5.26 Å². The minimum absolute atomic E-state index is 0.498. The van der Waals surface area contributed by atoms with Crippen LogP contribution in [0.15, 0.2) is 0 Å². The van der Waals surface area contributed by atoms with Gasteiger partial charge in [0.2, 0.25) is 0 Å². The third-order valence-electron chi connectivity index (χ3n) is 2.99. The van der Waals surface area contributed by atoms with Crippen LogP contribution < -0.4 is 5.32 Å². The van der Waals surface area contributed by atoms with Crippen molar-refractivity contribution in [3.63, 3.8) is 0 Å². The summed E-state index contributed by atoms with van der Waals surface area (Å²) >= 11 is 0. The monoisotopic (exact) mass is 254 g/mol. The van der Waals surface area contributed by atoms with Gasteiger partial charge < -0.3 is 10.1 Å². The summed E-state index contributed by atoms with van der Waals surface area (Å²) in [4.78, 5) is 0. The van der Waals surface area contributed by atoms with E-state index in [0.717, 1.165) is 19.7 Å². The van der Waals surface area contributed by atoms with E-state index >= 15 is 0 Å². The first-order valence-electron chi connectivity index (χ1n) is 7.57. The second kappa shape index (κ2) is 16.4. The van der Waals surface area contributed by atoms with Crippen LogP contribution in [0.2, 0.25) is 0 Å². The SMILES string of the molecule is CCCCCCCCCCNCCOCCC#N. The highest BCUT2D eigenvalue weighted by atomic mass is 16.5. The zero-order valence-electron chi connectivity index (χ0n) is 12.0. The highest BCUT2D eigenvalue weighted by Crippen LogP contribution is 2.07. The van der Waals surface area contributed by atoms with Gasteiger partial charge in [0.15, 0.2) is 0 Å². The summed E-state index contributed by atoms with van der Waals surface area (Å²) in [6, 6.07) is 2.07. The molecule has 0 spiro atoms. The van der Waals surface area contributed by atoms with Gasteiger partial charge in [-0.15, -0.1) is 0 Å². The van der Waals surface area contributed by atoms with Crippen molar-refractivity contribution in [3.8, 4) is 6.07 Å². The van der Waals surface area contributed by atoms with Crippen LogP contribution in [0.1, 0.15) is 64.7 Å². The number of hydrogen-bond donors (Lipinski definition) is 1. The molecule has 0 aromatic rings. The Hall–Kier alpha value is -0.590. The van der Waals surface area contributed by atoms with E-state index in [1.807, 2.05) is 0 Å². The highest BCUT2D eigenvalue weighted by molar-refractivity contribution is 4.67. The fourth-order valence-corrected chi connectivity index (χ4v) is 1.87. The quantitative estimate of drug-likeness (QED) is 0.481. The second-order valence-electron chi connectivity index (χ2n) is 4.75. The number of ether oxygens (including phenoxy) is 1. The lowest BCUT2D eigenvalue weighted by Gasteiger charge is -2.05. The number of hydrogen-bond acceptors (Lipinski definition) is 3. The van der Waals surface area contributed by atoms with Crippen LogP contribution in [0.5, 0.6) is 0 Å². The van der Waals surface area contributed by atoms with Crippen molar-refractivity contribution in [1.82, 2.24) is 5.32 Å². The Balaban J connectivity index is 2.89. The van der Waals surface area contributed by atoms with Gasteiger partial charge in [-0.05, 0) is 13.0 Å². The summed E-state index contributed by atoms with van der Waals surface area (Å²) in [6.45, 7) is 5.54. The van der Waals surface area contributed by atoms with E-state index in [9.17, 15) is 0 Å². The van der Waals surface area contributed by atoms with Crippen LogP contribution >= 0.6 is 0 Å². The molecule has 0 fully saturated rings. The Morgan fingerprint density at radius 1 is 0.889 bits per heavy atom. The molecule has 0 atom stereocenters. The van der Waals surface area contributed by atoms with E-state index in [0.29, 0.717) is 13.0 Å². The molecular weight excluding hydrogens is 224 g/mol. The van der Waals surface area contributed by atoms with Crippen LogP contribution in [-0.4, -0.2) is 26.3 Å². The lowest BCUT2D eigenvalue weighted by molar-refractivity contribution is 0.141. The molecule has 0 amide bonds. The fraction of sp³-hybridized carbons (Fsp3) is 0.933. The molecule has 0 aromatic heterocycles. The van der Waals surface area contributed by atoms with Crippen LogP contribution in [-0.2, 0) is 4.74 Å². The zero-order chi connectivity index (χ0) is 13.3. The van der Waals surface area contributed by atoms with Crippen molar-refractivity contribution in [2.24, 2.45) is 0 Å². The molecular formula is C15H30N2O. The molecule has 0 saturated carbocycles. The van der Waals surface area contributed by atoms with E-state index < -0.39 is 0 Å². The normalized spacial score (nSPS) is 10.4. The number of unbranched alkanes of at least 4 members (excludes halogenated alkanes) is 7. The molecule has 0 aliphatic heterocycles. The average molecular weight is 254 g/mol. The molecule has 106 valence electrons. The summed E-state index contributed by atoms with van der Waals surface area (Å²) in [5.41, 5.74) is 0. The first kappa shape index (κ1) is 17.4. The Morgan fingerprint density at radius 3 is 2.22 bits per heavy atom. The van der Waals surface area contributed by atoms with Gasteiger partial charge >= 0.3 is 0 Å². The molecule has 0 bridgehead atoms. The summed E-state index contributed by atoms with van der Waals surface area (Å²) < 4.78 is 5.27. The predicted octanol–water partition coefficient (Wildman–Crippen LogP) is 3.65. The molecule has 3 heteroatoms. The van der Waals surface area contributed by atoms with E-state index in [4.69, 9.17) is 10.00 Å². The number of rotatable bonds is 14. The minimum atomic E-state index is 0.498. The third kappa shape index (κ3) is 15.4. The molecule has 0 unspecified atom stereocenters. The maximum absolute atomic E-state index is 8.31. The Bertz CT molecular complexity index is 189. The second-order valence-corrected chi connectivity index (χ2v) is 4.75. The molecule has 0 saturated heterocycles. The Labute approximate surface area is 113 Å². The lowest BCUT2D eigenvalue weighted by atomic mass is 10.1. The molecule has 0 aromatic carbocycles. The predicted molar refractivity (Wildman–Crippen MR) is 76.5 cm³/mol. The number of nitrogens with zero attached hydrogens (tertiary/aromatic N) is 1. The topological polar surface area (TPSA) is 45.0 Å². The fourth-order valence-electron chi connectivity index (χ4n) is 1.87. The highest BCUT2D eigenvalue weighted by Gasteiger charge is 1.92. The summed E-state index contributed by atoms with van der Waals surface area (Å²) in [5.74, 6) is 0. The molecule has 0 aliphatic carbocycles. The summed E-state index contributed by atoms with van der Waals surface area (Å²) in [6.07, 6.45) is 11.4. The van der Waals surface area contributed by atoms with Crippen molar-refractivity contribution in [2.75, 3.05) is 26.3 Å². The standard InChI is InChI=1S/C15H30N2O/c1-2-3-4-5-6-7-8-9-12-17-13-15-18-14-10-11-16/h17H,2-10,12-15H2,1H3. The van der Waals surface area contributed by atoms with Gasteiger partial charge in [0, 0.05) is 6.54 Å². The summed E-state index contributed by atoms with van der Waals surface area (Å²) in [7, 11) is 0. The Kier molecular flexibility index (Phi) is 15.9. The molecule has 0 radical (unpaired) electrons. The van der Waals surface area contributed by atoms with Gasteiger partial charge in [-0.3, -0.25) is 0 Å². The van der Waals surface area contributed by atoms with E-state index in [1.54, 1.807) is 0 Å². The molecule has 0 rings (SSSR count). The maximum atomic E-state index is 8.31.